The first kappa shape index (κ1) is 17.5. The topological polar surface area (TPSA) is 59.0 Å². The van der Waals surface area contributed by atoms with Gasteiger partial charge in [-0.15, -0.1) is 0 Å². The van der Waals surface area contributed by atoms with Crippen LogP contribution in [0.4, 0.5) is 5.69 Å². The Kier molecular flexibility index (Phi) is 5.11. The molecular formula is C20H28N4O. The second-order valence-corrected chi connectivity index (χ2v) is 7.16. The van der Waals surface area contributed by atoms with Gasteiger partial charge in [0.2, 0.25) is 5.91 Å². The largest absolute Gasteiger partial charge is 0.371 e. The van der Waals surface area contributed by atoms with Gasteiger partial charge in [-0.2, -0.15) is 5.10 Å². The summed E-state index contributed by atoms with van der Waals surface area (Å²) in [5.41, 5.74) is 2.78. The monoisotopic (exact) mass is 340 g/mol. The predicted molar refractivity (Wildman–Crippen MR) is 100 cm³/mol. The van der Waals surface area contributed by atoms with E-state index in [-0.39, 0.29) is 11.9 Å². The number of anilines is 1. The van der Waals surface area contributed by atoms with Crippen molar-refractivity contribution in [2.75, 3.05) is 5.32 Å². The van der Waals surface area contributed by atoms with E-state index in [0.29, 0.717) is 0 Å². The molecule has 5 heteroatoms. The Balaban J connectivity index is 1.77. The molecule has 1 atom stereocenters. The molecule has 1 aliphatic rings. The fraction of sp³-hybridized carbons (Fsp3) is 0.500. The molecule has 1 aromatic carbocycles. The molecule has 0 saturated heterocycles. The van der Waals surface area contributed by atoms with Crippen molar-refractivity contribution in [3.63, 3.8) is 0 Å². The number of benzene rings is 1. The Morgan fingerprint density at radius 1 is 1.28 bits per heavy atom. The van der Waals surface area contributed by atoms with Crippen LogP contribution in [0.5, 0.6) is 0 Å². The molecule has 3 rings (SSSR count). The standard InChI is InChI=1S/C20H28N4O/c1-4-18(16-13-21-24(3)14-16)22-19(25)20(11-5-6-12-20)23-17-9-7-15(2)8-10-17/h7-10,13-14,18,23H,4-6,11-12H2,1-3H3,(H,22,25). The van der Waals surface area contributed by atoms with Crippen LogP contribution in [0, 0.1) is 6.92 Å². The fourth-order valence-corrected chi connectivity index (χ4v) is 3.64. The van der Waals surface area contributed by atoms with Gasteiger partial charge in [0.25, 0.3) is 0 Å². The van der Waals surface area contributed by atoms with E-state index in [4.69, 9.17) is 0 Å². The van der Waals surface area contributed by atoms with Crippen LogP contribution in [0.3, 0.4) is 0 Å². The molecule has 2 aromatic rings. The van der Waals surface area contributed by atoms with Gasteiger partial charge in [0.1, 0.15) is 5.54 Å². The lowest BCUT2D eigenvalue weighted by Gasteiger charge is -2.32. The minimum Gasteiger partial charge on any atom is -0.371 e. The molecule has 25 heavy (non-hydrogen) atoms. The zero-order valence-corrected chi connectivity index (χ0v) is 15.4. The lowest BCUT2D eigenvalue weighted by atomic mass is 9.94. The minimum absolute atomic E-state index is 0.00140. The van der Waals surface area contributed by atoms with Crippen molar-refractivity contribution in [2.45, 2.75) is 57.5 Å². The summed E-state index contributed by atoms with van der Waals surface area (Å²) in [6.07, 6.45) is 8.56. The van der Waals surface area contributed by atoms with Crippen LogP contribution in [0.2, 0.25) is 0 Å². The molecule has 1 fully saturated rings. The Bertz CT molecular complexity index is 714. The van der Waals surface area contributed by atoms with Crippen LogP contribution in [-0.2, 0) is 11.8 Å². The van der Waals surface area contributed by atoms with Gasteiger partial charge in [-0.3, -0.25) is 9.48 Å². The number of nitrogens with one attached hydrogen (secondary N) is 2. The van der Waals surface area contributed by atoms with Crippen molar-refractivity contribution in [3.8, 4) is 0 Å². The van der Waals surface area contributed by atoms with Gasteiger partial charge in [-0.05, 0) is 38.3 Å². The van der Waals surface area contributed by atoms with E-state index in [1.54, 1.807) is 4.68 Å². The summed E-state index contributed by atoms with van der Waals surface area (Å²) in [6, 6.07) is 8.27. The van der Waals surface area contributed by atoms with Gasteiger partial charge in [0.05, 0.1) is 12.2 Å². The highest BCUT2D eigenvalue weighted by Crippen LogP contribution is 2.34. The van der Waals surface area contributed by atoms with Crippen molar-refractivity contribution in [1.29, 1.82) is 0 Å². The Morgan fingerprint density at radius 3 is 2.52 bits per heavy atom. The maximum Gasteiger partial charge on any atom is 0.246 e. The zero-order valence-electron chi connectivity index (χ0n) is 15.4. The van der Waals surface area contributed by atoms with E-state index in [1.807, 2.05) is 19.4 Å². The number of carbonyl (C=O) groups is 1. The summed E-state index contributed by atoms with van der Waals surface area (Å²) < 4.78 is 1.78. The van der Waals surface area contributed by atoms with Crippen molar-refractivity contribution in [2.24, 2.45) is 7.05 Å². The molecule has 5 nitrogen and oxygen atoms in total. The molecular weight excluding hydrogens is 312 g/mol. The molecule has 0 spiro atoms. The lowest BCUT2D eigenvalue weighted by Crippen LogP contribution is -2.51. The number of hydrogen-bond acceptors (Lipinski definition) is 3. The fourth-order valence-electron chi connectivity index (χ4n) is 3.64. The van der Waals surface area contributed by atoms with Crippen molar-refractivity contribution in [1.82, 2.24) is 15.1 Å². The number of aryl methyl sites for hydroxylation is 2. The summed E-state index contributed by atoms with van der Waals surface area (Å²) in [5.74, 6) is 0.0984. The molecule has 1 amide bonds. The third-order valence-electron chi connectivity index (χ3n) is 5.17. The highest BCUT2D eigenvalue weighted by molar-refractivity contribution is 5.90. The molecule has 134 valence electrons. The van der Waals surface area contributed by atoms with Gasteiger partial charge in [0.15, 0.2) is 0 Å². The molecule has 1 aliphatic carbocycles. The number of nitrogens with zero attached hydrogens (tertiary/aromatic N) is 2. The lowest BCUT2D eigenvalue weighted by molar-refractivity contribution is -0.126. The van der Waals surface area contributed by atoms with E-state index < -0.39 is 5.54 Å². The average molecular weight is 340 g/mol. The number of rotatable bonds is 6. The van der Waals surface area contributed by atoms with Gasteiger partial charge in [-0.1, -0.05) is 37.5 Å². The second kappa shape index (κ2) is 7.30. The Labute approximate surface area is 149 Å². The summed E-state index contributed by atoms with van der Waals surface area (Å²) in [4.78, 5) is 13.2. The van der Waals surface area contributed by atoms with Crippen LogP contribution >= 0.6 is 0 Å². The van der Waals surface area contributed by atoms with Crippen molar-refractivity contribution >= 4 is 11.6 Å². The van der Waals surface area contributed by atoms with Crippen LogP contribution in [0.1, 0.15) is 56.2 Å². The first-order chi connectivity index (χ1) is 12.0. The van der Waals surface area contributed by atoms with Gasteiger partial charge >= 0.3 is 0 Å². The molecule has 1 heterocycles. The highest BCUT2D eigenvalue weighted by atomic mass is 16.2. The van der Waals surface area contributed by atoms with Crippen LogP contribution in [0.25, 0.3) is 0 Å². The van der Waals surface area contributed by atoms with Gasteiger partial charge in [0, 0.05) is 24.5 Å². The smallest absolute Gasteiger partial charge is 0.246 e. The number of aromatic nitrogens is 2. The van der Waals surface area contributed by atoms with E-state index in [0.717, 1.165) is 43.4 Å². The maximum atomic E-state index is 13.2. The Morgan fingerprint density at radius 2 is 1.96 bits per heavy atom. The van der Waals surface area contributed by atoms with Gasteiger partial charge in [-0.25, -0.2) is 0 Å². The normalized spacial score (nSPS) is 17.2. The van der Waals surface area contributed by atoms with E-state index in [1.165, 1.54) is 5.56 Å². The highest BCUT2D eigenvalue weighted by Gasteiger charge is 2.41. The van der Waals surface area contributed by atoms with E-state index in [9.17, 15) is 4.79 Å². The third-order valence-corrected chi connectivity index (χ3v) is 5.17. The van der Waals surface area contributed by atoms with Gasteiger partial charge < -0.3 is 10.6 Å². The minimum atomic E-state index is -0.509. The van der Waals surface area contributed by atoms with Crippen LogP contribution < -0.4 is 10.6 Å². The molecule has 0 radical (unpaired) electrons. The Hall–Kier alpha value is -2.30. The molecule has 1 unspecified atom stereocenters. The zero-order chi connectivity index (χ0) is 17.9. The average Bonchev–Trinajstić information content (AvgIpc) is 3.24. The number of hydrogen-bond donors (Lipinski definition) is 2. The molecule has 1 aromatic heterocycles. The number of amides is 1. The maximum absolute atomic E-state index is 13.2. The summed E-state index contributed by atoms with van der Waals surface area (Å²) in [7, 11) is 1.90. The van der Waals surface area contributed by atoms with Crippen molar-refractivity contribution < 1.29 is 4.79 Å². The van der Waals surface area contributed by atoms with Crippen LogP contribution in [-0.4, -0.2) is 21.2 Å². The third kappa shape index (κ3) is 3.86. The second-order valence-electron chi connectivity index (χ2n) is 7.16. The van der Waals surface area contributed by atoms with Crippen molar-refractivity contribution in [3.05, 3.63) is 47.8 Å². The first-order valence-corrected chi connectivity index (χ1v) is 9.17. The summed E-state index contributed by atoms with van der Waals surface area (Å²) in [5, 5.41) is 11.0. The molecule has 0 bridgehead atoms. The molecule has 0 aliphatic heterocycles. The molecule has 1 saturated carbocycles. The summed E-state index contributed by atoms with van der Waals surface area (Å²) >= 11 is 0. The summed E-state index contributed by atoms with van der Waals surface area (Å²) in [6.45, 7) is 4.16. The van der Waals surface area contributed by atoms with E-state index >= 15 is 0 Å². The van der Waals surface area contributed by atoms with E-state index in [2.05, 4.69) is 53.8 Å². The van der Waals surface area contributed by atoms with Crippen LogP contribution in [0.15, 0.2) is 36.7 Å². The number of carbonyl (C=O) groups excluding carboxylic acids is 1. The SMILES string of the molecule is CCC(NC(=O)C1(Nc2ccc(C)cc2)CCCC1)c1cnn(C)c1. The first-order valence-electron chi connectivity index (χ1n) is 9.17. The predicted octanol–water partition coefficient (Wildman–Crippen LogP) is 3.72. The quantitative estimate of drug-likeness (QED) is 0.842. The molecule has 2 N–H and O–H groups in total.